The van der Waals surface area contributed by atoms with Gasteiger partial charge in [-0.3, -0.25) is 14.4 Å². The van der Waals surface area contributed by atoms with Gasteiger partial charge in [-0.25, -0.2) is 0 Å². The van der Waals surface area contributed by atoms with Gasteiger partial charge in [0.25, 0.3) is 5.91 Å². The summed E-state index contributed by atoms with van der Waals surface area (Å²) in [5.74, 6) is 0.226. The van der Waals surface area contributed by atoms with Crippen molar-refractivity contribution in [2.45, 2.75) is 63.5 Å². The molecule has 3 amide bonds. The van der Waals surface area contributed by atoms with Crippen molar-refractivity contribution in [3.63, 3.8) is 0 Å². The van der Waals surface area contributed by atoms with Crippen molar-refractivity contribution in [3.8, 4) is 0 Å². The number of nitrogens with one attached hydrogen (secondary N) is 2. The molecule has 4 rings (SSSR count). The highest BCUT2D eigenvalue weighted by molar-refractivity contribution is 5.97. The number of carbonyl (C=O) groups is 3. The minimum absolute atomic E-state index is 0.0500. The van der Waals surface area contributed by atoms with Gasteiger partial charge in [0.1, 0.15) is 6.04 Å². The predicted octanol–water partition coefficient (Wildman–Crippen LogP) is 2.49. The number of likely N-dealkylation sites (tertiary alicyclic amines) is 1. The molecule has 0 radical (unpaired) electrons. The number of carbonyl (C=O) groups excluding carboxylic acids is 3. The molecule has 1 aromatic carbocycles. The minimum atomic E-state index is -0.549. The molecule has 0 bridgehead atoms. The number of hydrogen-bond donors (Lipinski definition) is 2. The van der Waals surface area contributed by atoms with E-state index in [1.807, 2.05) is 23.1 Å². The monoisotopic (exact) mass is 397 g/mol. The molecule has 2 N–H and O–H groups in total. The van der Waals surface area contributed by atoms with Gasteiger partial charge in [0, 0.05) is 30.6 Å². The normalized spacial score (nSPS) is 21.6. The zero-order valence-corrected chi connectivity index (χ0v) is 16.9. The van der Waals surface area contributed by atoms with Crippen LogP contribution in [-0.2, 0) is 9.59 Å². The van der Waals surface area contributed by atoms with E-state index in [9.17, 15) is 14.4 Å². The molecule has 156 valence electrons. The van der Waals surface area contributed by atoms with Crippen LogP contribution in [0.3, 0.4) is 0 Å². The van der Waals surface area contributed by atoms with Crippen LogP contribution in [0.4, 0.5) is 0 Å². The fraction of sp³-hybridized carbons (Fsp3) is 0.609. The second-order valence-corrected chi connectivity index (χ2v) is 8.74. The lowest BCUT2D eigenvalue weighted by molar-refractivity contribution is -0.137. The number of piperidine rings is 1. The average molecular weight is 398 g/mol. The van der Waals surface area contributed by atoms with Crippen LogP contribution < -0.4 is 10.6 Å². The first kappa shape index (κ1) is 19.9. The van der Waals surface area contributed by atoms with Gasteiger partial charge in [0.15, 0.2) is 0 Å². The molecule has 6 heteroatoms. The Bertz CT molecular complexity index is 733. The molecule has 0 aromatic heterocycles. The maximum absolute atomic E-state index is 12.9. The molecule has 1 aliphatic heterocycles. The van der Waals surface area contributed by atoms with Crippen molar-refractivity contribution in [1.29, 1.82) is 0 Å². The first-order valence-corrected chi connectivity index (χ1v) is 11.1. The van der Waals surface area contributed by atoms with Crippen LogP contribution in [0.15, 0.2) is 30.3 Å². The zero-order valence-electron chi connectivity index (χ0n) is 16.9. The van der Waals surface area contributed by atoms with Crippen LogP contribution in [0, 0.1) is 11.8 Å². The Morgan fingerprint density at radius 2 is 1.55 bits per heavy atom. The number of amides is 3. The Kier molecular flexibility index (Phi) is 6.16. The molecule has 0 spiro atoms. The molecule has 1 unspecified atom stereocenters. The predicted molar refractivity (Wildman–Crippen MR) is 110 cm³/mol. The standard InChI is InChI=1S/C23H31N3O3/c27-21(17-6-2-1-3-7-17)25-20(22(28)24-19-10-11-19)16-12-14-26(15-13-16)23(29)18-8-4-5-9-18/h1-3,6-7,16,18-20H,4-5,8-15H2,(H,24,28)(H,25,27). The molecular formula is C23H31N3O3. The maximum atomic E-state index is 12.9. The lowest BCUT2D eigenvalue weighted by Gasteiger charge is -2.36. The van der Waals surface area contributed by atoms with Gasteiger partial charge in [0.2, 0.25) is 11.8 Å². The molecule has 1 aromatic rings. The van der Waals surface area contributed by atoms with E-state index in [4.69, 9.17) is 0 Å². The van der Waals surface area contributed by atoms with Gasteiger partial charge < -0.3 is 15.5 Å². The van der Waals surface area contributed by atoms with Crippen LogP contribution >= 0.6 is 0 Å². The summed E-state index contributed by atoms with van der Waals surface area (Å²) in [6.45, 7) is 1.35. The summed E-state index contributed by atoms with van der Waals surface area (Å²) in [7, 11) is 0. The van der Waals surface area contributed by atoms with Crippen LogP contribution in [0.1, 0.15) is 61.7 Å². The molecule has 3 fully saturated rings. The van der Waals surface area contributed by atoms with Crippen LogP contribution in [0.2, 0.25) is 0 Å². The molecule has 1 atom stereocenters. The Labute approximate surface area is 172 Å². The van der Waals surface area contributed by atoms with Crippen LogP contribution in [0.25, 0.3) is 0 Å². The first-order chi connectivity index (χ1) is 14.1. The molecule has 2 aliphatic carbocycles. The molecule has 1 heterocycles. The molecule has 1 saturated heterocycles. The van der Waals surface area contributed by atoms with Crippen molar-refractivity contribution >= 4 is 17.7 Å². The summed E-state index contributed by atoms with van der Waals surface area (Å²) < 4.78 is 0. The topological polar surface area (TPSA) is 78.5 Å². The van der Waals surface area contributed by atoms with Gasteiger partial charge in [-0.1, -0.05) is 31.0 Å². The van der Waals surface area contributed by atoms with Gasteiger partial charge in [-0.15, -0.1) is 0 Å². The number of hydrogen-bond acceptors (Lipinski definition) is 3. The van der Waals surface area contributed by atoms with E-state index in [2.05, 4.69) is 10.6 Å². The van der Waals surface area contributed by atoms with Crippen LogP contribution in [-0.4, -0.2) is 47.8 Å². The van der Waals surface area contributed by atoms with Gasteiger partial charge in [-0.05, 0) is 56.6 Å². The summed E-state index contributed by atoms with van der Waals surface area (Å²) in [6, 6.07) is 8.73. The molecule has 29 heavy (non-hydrogen) atoms. The van der Waals surface area contributed by atoms with Crippen molar-refractivity contribution in [1.82, 2.24) is 15.5 Å². The molecule has 3 aliphatic rings. The molecular weight excluding hydrogens is 366 g/mol. The number of benzene rings is 1. The Balaban J connectivity index is 1.39. The quantitative estimate of drug-likeness (QED) is 0.774. The zero-order chi connectivity index (χ0) is 20.2. The van der Waals surface area contributed by atoms with Crippen molar-refractivity contribution in [2.75, 3.05) is 13.1 Å². The smallest absolute Gasteiger partial charge is 0.251 e. The summed E-state index contributed by atoms with van der Waals surface area (Å²) in [5, 5.41) is 6.03. The third-order valence-electron chi connectivity index (χ3n) is 6.56. The summed E-state index contributed by atoms with van der Waals surface area (Å²) in [5.41, 5.74) is 0.561. The molecule has 6 nitrogen and oxygen atoms in total. The minimum Gasteiger partial charge on any atom is -0.352 e. The lowest BCUT2D eigenvalue weighted by Crippen LogP contribution is -2.54. The Morgan fingerprint density at radius 1 is 0.897 bits per heavy atom. The SMILES string of the molecule is O=C(NC(C(=O)NC1CC1)C1CCN(C(=O)C2CCCC2)CC1)c1ccccc1. The third-order valence-corrected chi connectivity index (χ3v) is 6.56. The van der Waals surface area contributed by atoms with E-state index in [0.29, 0.717) is 18.7 Å². The van der Waals surface area contributed by atoms with Crippen molar-refractivity contribution in [3.05, 3.63) is 35.9 Å². The third kappa shape index (κ3) is 4.98. The second kappa shape index (κ2) is 8.97. The highest BCUT2D eigenvalue weighted by Gasteiger charge is 2.37. The highest BCUT2D eigenvalue weighted by atomic mass is 16.2. The summed E-state index contributed by atoms with van der Waals surface area (Å²) in [4.78, 5) is 40.3. The Morgan fingerprint density at radius 3 is 2.17 bits per heavy atom. The highest BCUT2D eigenvalue weighted by Crippen LogP contribution is 2.29. The number of nitrogens with zero attached hydrogens (tertiary/aromatic N) is 1. The molecule has 2 saturated carbocycles. The van der Waals surface area contributed by atoms with E-state index in [1.54, 1.807) is 12.1 Å². The number of rotatable bonds is 6. The second-order valence-electron chi connectivity index (χ2n) is 8.74. The van der Waals surface area contributed by atoms with Gasteiger partial charge in [0.05, 0.1) is 0 Å². The van der Waals surface area contributed by atoms with E-state index < -0.39 is 6.04 Å². The van der Waals surface area contributed by atoms with E-state index in [0.717, 1.165) is 51.4 Å². The van der Waals surface area contributed by atoms with E-state index >= 15 is 0 Å². The largest absolute Gasteiger partial charge is 0.352 e. The summed E-state index contributed by atoms with van der Waals surface area (Å²) >= 11 is 0. The average Bonchev–Trinajstić information content (AvgIpc) is 3.40. The van der Waals surface area contributed by atoms with Gasteiger partial charge >= 0.3 is 0 Å². The first-order valence-electron chi connectivity index (χ1n) is 11.1. The Hall–Kier alpha value is -2.37. The fourth-order valence-corrected chi connectivity index (χ4v) is 4.61. The summed E-state index contributed by atoms with van der Waals surface area (Å²) in [6.07, 6.45) is 7.85. The van der Waals surface area contributed by atoms with E-state index in [-0.39, 0.29) is 35.6 Å². The van der Waals surface area contributed by atoms with E-state index in [1.165, 1.54) is 0 Å². The lowest BCUT2D eigenvalue weighted by atomic mass is 9.87. The van der Waals surface area contributed by atoms with Crippen molar-refractivity contribution < 1.29 is 14.4 Å². The fourth-order valence-electron chi connectivity index (χ4n) is 4.61. The van der Waals surface area contributed by atoms with Crippen molar-refractivity contribution in [2.24, 2.45) is 11.8 Å². The van der Waals surface area contributed by atoms with Crippen LogP contribution in [0.5, 0.6) is 0 Å². The van der Waals surface area contributed by atoms with Gasteiger partial charge in [-0.2, -0.15) is 0 Å². The maximum Gasteiger partial charge on any atom is 0.251 e.